The molecule has 0 spiro atoms. The number of pyridine rings is 1. The third-order valence-corrected chi connectivity index (χ3v) is 3.50. The van der Waals surface area contributed by atoms with Crippen LogP contribution in [0.1, 0.15) is 19.2 Å². The molecule has 0 radical (unpaired) electrons. The Hall–Kier alpha value is -1.95. The van der Waals surface area contributed by atoms with E-state index < -0.39 is 0 Å². The summed E-state index contributed by atoms with van der Waals surface area (Å²) in [5.41, 5.74) is 1.10. The first-order valence-electron chi connectivity index (χ1n) is 6.45. The summed E-state index contributed by atoms with van der Waals surface area (Å²) >= 11 is 0. The lowest BCUT2D eigenvalue weighted by Gasteiger charge is -2.32. The topological polar surface area (TPSA) is 56.1 Å². The lowest BCUT2D eigenvalue weighted by molar-refractivity contribution is 0.104. The summed E-state index contributed by atoms with van der Waals surface area (Å²) in [5.74, 6) is 1.80. The molecule has 1 aliphatic rings. The first-order valence-corrected chi connectivity index (χ1v) is 6.45. The van der Waals surface area contributed by atoms with E-state index >= 15 is 0 Å². The molecule has 6 heteroatoms. The Morgan fingerprint density at radius 1 is 1.47 bits per heavy atom. The van der Waals surface area contributed by atoms with Gasteiger partial charge in [-0.2, -0.15) is 0 Å². The molecule has 0 bridgehead atoms. The van der Waals surface area contributed by atoms with Crippen molar-refractivity contribution in [2.45, 2.75) is 26.0 Å². The minimum Gasteiger partial charge on any atom is -0.380 e. The molecule has 1 aliphatic heterocycles. The van der Waals surface area contributed by atoms with Crippen molar-refractivity contribution in [1.29, 1.82) is 0 Å². The molecule has 1 atom stereocenters. The van der Waals surface area contributed by atoms with Crippen LogP contribution in [0.2, 0.25) is 0 Å². The number of rotatable bonds is 4. The molecule has 2 aromatic heterocycles. The molecule has 0 saturated heterocycles. The summed E-state index contributed by atoms with van der Waals surface area (Å²) in [6.45, 7) is 3.70. The van der Waals surface area contributed by atoms with E-state index in [1.54, 1.807) is 19.6 Å². The highest BCUT2D eigenvalue weighted by Gasteiger charge is 2.25. The van der Waals surface area contributed by atoms with Gasteiger partial charge in [0.15, 0.2) is 11.6 Å². The molecular formula is C13H17N5O. The molecule has 2 aromatic rings. The lowest BCUT2D eigenvalue weighted by Crippen LogP contribution is -2.36. The zero-order valence-electron chi connectivity index (χ0n) is 11.2. The number of aromatic nitrogens is 4. The molecule has 0 N–H and O–H groups in total. The van der Waals surface area contributed by atoms with E-state index in [4.69, 9.17) is 4.74 Å². The highest BCUT2D eigenvalue weighted by atomic mass is 16.5. The van der Waals surface area contributed by atoms with Crippen LogP contribution in [-0.4, -0.2) is 39.5 Å². The first-order chi connectivity index (χ1) is 9.33. The summed E-state index contributed by atoms with van der Waals surface area (Å²) in [6.07, 6.45) is 4.70. The van der Waals surface area contributed by atoms with Crippen LogP contribution in [0.25, 0.3) is 5.82 Å². The van der Waals surface area contributed by atoms with Gasteiger partial charge in [0, 0.05) is 19.9 Å². The first kappa shape index (κ1) is 12.1. The minimum absolute atomic E-state index is 0.211. The van der Waals surface area contributed by atoms with E-state index in [0.29, 0.717) is 0 Å². The Bertz CT molecular complexity index is 564. The maximum Gasteiger partial charge on any atom is 0.163 e. The molecule has 1 unspecified atom stereocenters. The third kappa shape index (κ3) is 2.08. The van der Waals surface area contributed by atoms with Gasteiger partial charge in [0.1, 0.15) is 6.33 Å². The van der Waals surface area contributed by atoms with Crippen molar-refractivity contribution in [2.75, 3.05) is 18.6 Å². The SMILES string of the molecule is CCC(CN1Cc2nncn2-c2ncccc21)OC. The smallest absolute Gasteiger partial charge is 0.163 e. The monoisotopic (exact) mass is 259 g/mol. The van der Waals surface area contributed by atoms with Gasteiger partial charge in [-0.15, -0.1) is 10.2 Å². The van der Waals surface area contributed by atoms with Gasteiger partial charge in [-0.25, -0.2) is 4.98 Å². The molecular weight excluding hydrogens is 242 g/mol. The van der Waals surface area contributed by atoms with Crippen LogP contribution in [-0.2, 0) is 11.3 Å². The predicted molar refractivity (Wildman–Crippen MR) is 71.3 cm³/mol. The van der Waals surface area contributed by atoms with E-state index in [-0.39, 0.29) is 6.10 Å². The van der Waals surface area contributed by atoms with Crippen LogP contribution in [0.3, 0.4) is 0 Å². The zero-order valence-corrected chi connectivity index (χ0v) is 11.2. The number of ether oxygens (including phenoxy) is 1. The van der Waals surface area contributed by atoms with Crippen LogP contribution in [0, 0.1) is 0 Å². The van der Waals surface area contributed by atoms with Gasteiger partial charge in [0.2, 0.25) is 0 Å². The van der Waals surface area contributed by atoms with E-state index in [1.165, 1.54) is 0 Å². The maximum atomic E-state index is 5.48. The normalized spacial score (nSPS) is 14.9. The van der Waals surface area contributed by atoms with Gasteiger partial charge in [-0.3, -0.25) is 4.57 Å². The predicted octanol–water partition coefficient (Wildman–Crippen LogP) is 1.41. The summed E-state index contributed by atoms with van der Waals surface area (Å²) in [6, 6.07) is 4.03. The summed E-state index contributed by atoms with van der Waals surface area (Å²) in [7, 11) is 1.75. The molecule has 3 heterocycles. The van der Waals surface area contributed by atoms with Gasteiger partial charge >= 0.3 is 0 Å². The van der Waals surface area contributed by atoms with Gasteiger partial charge < -0.3 is 9.64 Å². The molecule has 0 aliphatic carbocycles. The number of fused-ring (bicyclic) bond motifs is 3. The quantitative estimate of drug-likeness (QED) is 0.831. The summed E-state index contributed by atoms with van der Waals surface area (Å²) < 4.78 is 7.43. The maximum absolute atomic E-state index is 5.48. The second kappa shape index (κ2) is 4.97. The average molecular weight is 259 g/mol. The van der Waals surface area contributed by atoms with Crippen molar-refractivity contribution in [3.63, 3.8) is 0 Å². The number of nitrogens with zero attached hydrogens (tertiary/aromatic N) is 5. The van der Waals surface area contributed by atoms with Gasteiger partial charge in [-0.1, -0.05) is 6.92 Å². The highest BCUT2D eigenvalue weighted by molar-refractivity contribution is 5.61. The number of methoxy groups -OCH3 is 1. The van der Waals surface area contributed by atoms with Crippen molar-refractivity contribution in [3.8, 4) is 5.82 Å². The van der Waals surface area contributed by atoms with Gasteiger partial charge in [0.05, 0.1) is 18.3 Å². The van der Waals surface area contributed by atoms with Crippen molar-refractivity contribution in [1.82, 2.24) is 19.7 Å². The number of hydrogen-bond acceptors (Lipinski definition) is 5. The standard InChI is InChI=1S/C13H17N5O/c1-3-10(19-2)7-17-8-12-16-15-9-18(12)13-11(17)5-4-6-14-13/h4-6,9-10H,3,7-8H2,1-2H3. The fraction of sp³-hybridized carbons (Fsp3) is 0.462. The molecule has 6 nitrogen and oxygen atoms in total. The highest BCUT2D eigenvalue weighted by Crippen LogP contribution is 2.29. The Labute approximate surface area is 112 Å². The number of anilines is 1. The van der Waals surface area contributed by atoms with Crippen LogP contribution in [0.15, 0.2) is 24.7 Å². The van der Waals surface area contributed by atoms with Crippen LogP contribution < -0.4 is 4.90 Å². The van der Waals surface area contributed by atoms with Gasteiger partial charge in [0.25, 0.3) is 0 Å². The average Bonchev–Trinajstić information content (AvgIpc) is 2.93. The molecule has 3 rings (SSSR count). The Kier molecular flexibility index (Phi) is 3.16. The minimum atomic E-state index is 0.211. The molecule has 0 saturated carbocycles. The van der Waals surface area contributed by atoms with E-state index in [2.05, 4.69) is 33.1 Å². The van der Waals surface area contributed by atoms with Crippen LogP contribution >= 0.6 is 0 Å². The van der Waals surface area contributed by atoms with E-state index in [0.717, 1.165) is 36.8 Å². The molecule has 19 heavy (non-hydrogen) atoms. The Balaban J connectivity index is 1.97. The third-order valence-electron chi connectivity index (χ3n) is 3.50. The lowest BCUT2D eigenvalue weighted by atomic mass is 10.2. The fourth-order valence-electron chi connectivity index (χ4n) is 2.40. The summed E-state index contributed by atoms with van der Waals surface area (Å²) in [4.78, 5) is 6.70. The Morgan fingerprint density at radius 2 is 2.37 bits per heavy atom. The van der Waals surface area contributed by atoms with Crippen LogP contribution in [0.5, 0.6) is 0 Å². The van der Waals surface area contributed by atoms with Crippen molar-refractivity contribution in [2.24, 2.45) is 0 Å². The van der Waals surface area contributed by atoms with Crippen LogP contribution in [0.4, 0.5) is 5.69 Å². The zero-order chi connectivity index (χ0) is 13.2. The fourth-order valence-corrected chi connectivity index (χ4v) is 2.40. The number of hydrogen-bond donors (Lipinski definition) is 0. The molecule has 0 amide bonds. The summed E-state index contributed by atoms with van der Waals surface area (Å²) in [5, 5.41) is 8.13. The molecule has 100 valence electrons. The van der Waals surface area contributed by atoms with Gasteiger partial charge in [-0.05, 0) is 18.6 Å². The van der Waals surface area contributed by atoms with Crippen molar-refractivity contribution >= 4 is 5.69 Å². The molecule has 0 aromatic carbocycles. The van der Waals surface area contributed by atoms with Crippen molar-refractivity contribution in [3.05, 3.63) is 30.5 Å². The van der Waals surface area contributed by atoms with E-state index in [1.807, 2.05) is 10.6 Å². The Morgan fingerprint density at radius 3 is 3.16 bits per heavy atom. The second-order valence-corrected chi connectivity index (χ2v) is 4.61. The second-order valence-electron chi connectivity index (χ2n) is 4.61. The van der Waals surface area contributed by atoms with E-state index in [9.17, 15) is 0 Å². The largest absolute Gasteiger partial charge is 0.380 e. The van der Waals surface area contributed by atoms with Crippen molar-refractivity contribution < 1.29 is 4.74 Å². The molecule has 0 fully saturated rings.